The van der Waals surface area contributed by atoms with E-state index in [0.717, 1.165) is 27.8 Å². The first-order chi connectivity index (χ1) is 19.1. The van der Waals surface area contributed by atoms with E-state index in [9.17, 15) is 18.0 Å². The second-order valence-corrected chi connectivity index (χ2v) is 13.6. The van der Waals surface area contributed by atoms with Crippen molar-refractivity contribution in [2.24, 2.45) is 0 Å². The molecule has 7 nitrogen and oxygen atoms in total. The zero-order valence-corrected chi connectivity index (χ0v) is 26.3. The van der Waals surface area contributed by atoms with Gasteiger partial charge in [-0.25, -0.2) is 8.42 Å². The van der Waals surface area contributed by atoms with E-state index in [1.165, 1.54) is 9.21 Å². The molecule has 3 aromatic rings. The Morgan fingerprint density at radius 2 is 1.44 bits per heavy atom. The number of anilines is 1. The van der Waals surface area contributed by atoms with Crippen LogP contribution in [0.4, 0.5) is 5.69 Å². The zero-order valence-electron chi connectivity index (χ0n) is 25.5. The first-order valence-electron chi connectivity index (χ1n) is 14.0. The Bertz CT molecular complexity index is 1470. The highest BCUT2D eigenvalue weighted by Crippen LogP contribution is 2.27. The van der Waals surface area contributed by atoms with Crippen LogP contribution in [-0.4, -0.2) is 43.3 Å². The minimum absolute atomic E-state index is 0.0954. The van der Waals surface area contributed by atoms with E-state index in [-0.39, 0.29) is 17.3 Å². The van der Waals surface area contributed by atoms with Gasteiger partial charge in [-0.2, -0.15) is 0 Å². The van der Waals surface area contributed by atoms with Crippen LogP contribution in [0.25, 0.3) is 0 Å². The summed E-state index contributed by atoms with van der Waals surface area (Å²) in [5.74, 6) is -0.736. The molecule has 8 heteroatoms. The fraction of sp³-hybridized carbons (Fsp3) is 0.394. The summed E-state index contributed by atoms with van der Waals surface area (Å²) in [4.78, 5) is 29.3. The number of carbonyl (C=O) groups is 2. The number of hydrogen-bond donors (Lipinski definition) is 1. The van der Waals surface area contributed by atoms with E-state index in [1.807, 2.05) is 85.7 Å². The van der Waals surface area contributed by atoms with Gasteiger partial charge in [0.15, 0.2) is 0 Å². The predicted octanol–water partition coefficient (Wildman–Crippen LogP) is 5.84. The van der Waals surface area contributed by atoms with Gasteiger partial charge in [0.1, 0.15) is 12.6 Å². The van der Waals surface area contributed by atoms with Crippen molar-refractivity contribution in [2.45, 2.75) is 84.8 Å². The monoisotopic (exact) mass is 577 g/mol. The molecule has 0 radical (unpaired) electrons. The molecule has 0 saturated heterocycles. The van der Waals surface area contributed by atoms with Crippen LogP contribution in [0.3, 0.4) is 0 Å². The number of benzene rings is 3. The second kappa shape index (κ2) is 12.9. The smallest absolute Gasteiger partial charge is 0.264 e. The lowest BCUT2D eigenvalue weighted by atomic mass is 10.0. The summed E-state index contributed by atoms with van der Waals surface area (Å²) in [6.07, 6.45) is 0.369. The van der Waals surface area contributed by atoms with Crippen molar-refractivity contribution in [3.63, 3.8) is 0 Å². The normalized spacial score (nSPS) is 12.5. The highest BCUT2D eigenvalue weighted by molar-refractivity contribution is 7.92. The molecule has 0 aliphatic carbocycles. The van der Waals surface area contributed by atoms with Crippen molar-refractivity contribution in [1.29, 1.82) is 0 Å². The molecule has 0 spiro atoms. The van der Waals surface area contributed by atoms with E-state index < -0.39 is 34.1 Å². The molecule has 0 aromatic heterocycles. The molecule has 41 heavy (non-hydrogen) atoms. The number of hydrogen-bond acceptors (Lipinski definition) is 4. The van der Waals surface area contributed by atoms with Gasteiger partial charge in [-0.1, -0.05) is 55.0 Å². The summed E-state index contributed by atoms with van der Waals surface area (Å²) in [6, 6.07) is 19.0. The molecule has 0 aliphatic heterocycles. The van der Waals surface area contributed by atoms with E-state index in [1.54, 1.807) is 36.4 Å². The van der Waals surface area contributed by atoms with Gasteiger partial charge in [-0.15, -0.1) is 0 Å². The van der Waals surface area contributed by atoms with Crippen molar-refractivity contribution in [3.8, 4) is 0 Å². The Hall–Kier alpha value is -3.65. The highest BCUT2D eigenvalue weighted by Gasteiger charge is 2.35. The Kier molecular flexibility index (Phi) is 10.0. The number of nitrogens with one attached hydrogen (secondary N) is 1. The lowest BCUT2D eigenvalue weighted by Crippen LogP contribution is -2.55. The van der Waals surface area contributed by atoms with Gasteiger partial charge < -0.3 is 10.2 Å². The number of sulfonamides is 1. The fourth-order valence-electron chi connectivity index (χ4n) is 4.80. The molecule has 0 saturated carbocycles. The van der Waals surface area contributed by atoms with E-state index >= 15 is 0 Å². The molecule has 1 unspecified atom stereocenters. The minimum atomic E-state index is -4.11. The third-order valence-electron chi connectivity index (χ3n) is 6.87. The van der Waals surface area contributed by atoms with Crippen LogP contribution in [0.15, 0.2) is 71.6 Å². The third kappa shape index (κ3) is 8.19. The van der Waals surface area contributed by atoms with E-state index in [2.05, 4.69) is 5.32 Å². The third-order valence-corrected chi connectivity index (χ3v) is 8.66. The van der Waals surface area contributed by atoms with Gasteiger partial charge in [-0.05, 0) is 101 Å². The van der Waals surface area contributed by atoms with Crippen molar-refractivity contribution < 1.29 is 18.0 Å². The minimum Gasteiger partial charge on any atom is -0.350 e. The lowest BCUT2D eigenvalue weighted by molar-refractivity contribution is -0.141. The van der Waals surface area contributed by atoms with E-state index in [0.29, 0.717) is 12.1 Å². The van der Waals surface area contributed by atoms with Crippen molar-refractivity contribution in [3.05, 3.63) is 94.5 Å². The number of nitrogens with zero attached hydrogens (tertiary/aromatic N) is 2. The van der Waals surface area contributed by atoms with Gasteiger partial charge in [-0.3, -0.25) is 13.9 Å². The summed E-state index contributed by atoms with van der Waals surface area (Å²) < 4.78 is 29.3. The van der Waals surface area contributed by atoms with Crippen LogP contribution in [0, 0.1) is 27.7 Å². The van der Waals surface area contributed by atoms with Crippen LogP contribution < -0.4 is 9.62 Å². The van der Waals surface area contributed by atoms with Gasteiger partial charge in [0.05, 0.1) is 10.6 Å². The maximum atomic E-state index is 14.3. The number of aryl methyl sites for hydroxylation is 4. The molecule has 0 fully saturated rings. The maximum Gasteiger partial charge on any atom is 0.264 e. The molecule has 3 aromatic carbocycles. The van der Waals surface area contributed by atoms with Crippen molar-refractivity contribution in [2.75, 3.05) is 10.8 Å². The summed E-state index contributed by atoms with van der Waals surface area (Å²) >= 11 is 0. The Morgan fingerprint density at radius 3 is 1.98 bits per heavy atom. The number of carbonyl (C=O) groups excluding carboxylic acids is 2. The predicted molar refractivity (Wildman–Crippen MR) is 165 cm³/mol. The van der Waals surface area contributed by atoms with Gasteiger partial charge in [0, 0.05) is 12.1 Å². The SMILES string of the molecule is CCC(C(=O)NC(C)(C)C)N(Cc1ccccc1C)C(=O)CN(c1cc(C)cc(C)c1)S(=O)(=O)c1ccc(C)cc1. The van der Waals surface area contributed by atoms with Crippen LogP contribution in [0.2, 0.25) is 0 Å². The second-order valence-electron chi connectivity index (χ2n) is 11.8. The van der Waals surface area contributed by atoms with Crippen molar-refractivity contribution >= 4 is 27.5 Å². The summed E-state index contributed by atoms with van der Waals surface area (Å²) in [6.45, 7) is 14.9. The van der Waals surface area contributed by atoms with Crippen LogP contribution in [0.1, 0.15) is 61.9 Å². The number of amides is 2. The molecule has 0 heterocycles. The number of rotatable bonds is 10. The van der Waals surface area contributed by atoms with Gasteiger partial charge >= 0.3 is 0 Å². The largest absolute Gasteiger partial charge is 0.350 e. The molecule has 2 amide bonds. The summed E-state index contributed by atoms with van der Waals surface area (Å²) in [7, 11) is -4.11. The average Bonchev–Trinajstić information content (AvgIpc) is 2.86. The molecule has 0 bridgehead atoms. The molecular weight excluding hydrogens is 534 g/mol. The Labute approximate surface area is 245 Å². The molecule has 3 rings (SSSR count). The van der Waals surface area contributed by atoms with Crippen LogP contribution in [0.5, 0.6) is 0 Å². The zero-order chi connectivity index (χ0) is 30.5. The first kappa shape index (κ1) is 31.9. The van der Waals surface area contributed by atoms with Crippen LogP contribution in [-0.2, 0) is 26.2 Å². The molecular formula is C33H43N3O4S. The van der Waals surface area contributed by atoms with E-state index in [4.69, 9.17) is 0 Å². The molecule has 220 valence electrons. The topological polar surface area (TPSA) is 86.8 Å². The van der Waals surface area contributed by atoms with Gasteiger partial charge in [0.25, 0.3) is 10.0 Å². The van der Waals surface area contributed by atoms with Crippen molar-refractivity contribution in [1.82, 2.24) is 10.2 Å². The first-order valence-corrected chi connectivity index (χ1v) is 15.4. The molecule has 0 aliphatic rings. The van der Waals surface area contributed by atoms with Crippen LogP contribution >= 0.6 is 0 Å². The fourth-order valence-corrected chi connectivity index (χ4v) is 6.20. The standard InChI is InChI=1S/C33H43N3O4S/c1-9-30(32(38)34-33(6,7)8)35(21-27-13-11-10-12-26(27)5)31(37)22-36(28-19-24(3)18-25(4)20-28)41(39,40)29-16-14-23(2)15-17-29/h10-20,30H,9,21-22H2,1-8H3,(H,34,38). The molecule has 1 atom stereocenters. The Morgan fingerprint density at radius 1 is 0.854 bits per heavy atom. The molecule has 1 N–H and O–H groups in total. The summed E-state index contributed by atoms with van der Waals surface area (Å²) in [5, 5.41) is 3.00. The highest BCUT2D eigenvalue weighted by atomic mass is 32.2. The Balaban J connectivity index is 2.12. The lowest BCUT2D eigenvalue weighted by Gasteiger charge is -2.35. The van der Waals surface area contributed by atoms with Gasteiger partial charge in [0.2, 0.25) is 11.8 Å². The average molecular weight is 578 g/mol. The quantitative estimate of drug-likeness (QED) is 0.328. The summed E-state index contributed by atoms with van der Waals surface area (Å²) in [5.41, 5.74) is 4.46. The maximum absolute atomic E-state index is 14.3.